The molecule has 0 saturated heterocycles. The molecule has 6 nitrogen and oxygen atoms in total. The quantitative estimate of drug-likeness (QED) is 0.665. The third-order valence-corrected chi connectivity index (χ3v) is 6.30. The molecule has 3 rings (SSSR count). The Bertz CT molecular complexity index is 810. The van der Waals surface area contributed by atoms with Crippen molar-refractivity contribution < 1.29 is 14.3 Å². The second kappa shape index (κ2) is 9.98. The number of nitrogens with one attached hydrogen (secondary N) is 1. The molecule has 7 heteroatoms. The van der Waals surface area contributed by atoms with Crippen molar-refractivity contribution in [2.45, 2.75) is 46.0 Å². The van der Waals surface area contributed by atoms with Gasteiger partial charge in [0.25, 0.3) is 0 Å². The zero-order chi connectivity index (χ0) is 19.9. The number of carbonyl (C=O) groups excluding carboxylic acids is 2. The van der Waals surface area contributed by atoms with E-state index >= 15 is 0 Å². The highest BCUT2D eigenvalue weighted by Gasteiger charge is 2.22. The number of anilines is 1. The number of fused-ring (bicyclic) bond motifs is 1. The first-order valence-electron chi connectivity index (χ1n) is 10.2. The van der Waals surface area contributed by atoms with Gasteiger partial charge in [0.15, 0.2) is 5.13 Å². The maximum atomic E-state index is 12.4. The van der Waals surface area contributed by atoms with Gasteiger partial charge in [-0.3, -0.25) is 4.79 Å². The predicted molar refractivity (Wildman–Crippen MR) is 113 cm³/mol. The summed E-state index contributed by atoms with van der Waals surface area (Å²) in [5, 5.41) is 3.55. The van der Waals surface area contributed by atoms with Crippen LogP contribution in [0.25, 0.3) is 10.2 Å². The molecule has 0 unspecified atom stereocenters. The van der Waals surface area contributed by atoms with E-state index in [1.807, 2.05) is 6.07 Å². The molecule has 0 spiro atoms. The van der Waals surface area contributed by atoms with Crippen molar-refractivity contribution in [2.24, 2.45) is 5.92 Å². The van der Waals surface area contributed by atoms with Gasteiger partial charge in [-0.1, -0.05) is 44.4 Å². The van der Waals surface area contributed by atoms with Crippen LogP contribution in [-0.4, -0.2) is 48.0 Å². The summed E-state index contributed by atoms with van der Waals surface area (Å²) < 4.78 is 6.27. The van der Waals surface area contributed by atoms with Crippen molar-refractivity contribution in [3.05, 3.63) is 23.8 Å². The molecule has 0 radical (unpaired) electrons. The minimum Gasteiger partial charge on any atom is -0.461 e. The van der Waals surface area contributed by atoms with Gasteiger partial charge >= 0.3 is 5.97 Å². The van der Waals surface area contributed by atoms with Gasteiger partial charge in [0.05, 0.1) is 15.8 Å². The fourth-order valence-corrected chi connectivity index (χ4v) is 4.48. The van der Waals surface area contributed by atoms with Crippen LogP contribution in [0, 0.1) is 5.92 Å². The van der Waals surface area contributed by atoms with Gasteiger partial charge in [-0.15, -0.1) is 0 Å². The number of esters is 1. The van der Waals surface area contributed by atoms with Crippen molar-refractivity contribution in [1.82, 2.24) is 9.88 Å². The minimum absolute atomic E-state index is 0.0646. The number of thiazole rings is 1. The molecule has 0 atom stereocenters. The Morgan fingerprint density at radius 3 is 2.68 bits per heavy atom. The number of rotatable bonds is 8. The number of nitrogens with zero attached hydrogens (tertiary/aromatic N) is 2. The zero-order valence-electron chi connectivity index (χ0n) is 16.7. The van der Waals surface area contributed by atoms with Crippen LogP contribution in [0.1, 0.15) is 56.3 Å². The van der Waals surface area contributed by atoms with Gasteiger partial charge in [0.2, 0.25) is 5.91 Å². The monoisotopic (exact) mass is 403 g/mol. The highest BCUT2D eigenvalue weighted by Crippen LogP contribution is 2.29. The fraction of sp³-hybridized carbons (Fsp3) is 0.571. The van der Waals surface area contributed by atoms with Crippen LogP contribution in [0.2, 0.25) is 0 Å². The topological polar surface area (TPSA) is 71.5 Å². The number of benzene rings is 1. The molecule has 1 aliphatic rings. The average molecular weight is 404 g/mol. The van der Waals surface area contributed by atoms with E-state index in [2.05, 4.69) is 29.0 Å². The Labute approximate surface area is 170 Å². The molecule has 1 aliphatic carbocycles. The molecule has 1 aromatic carbocycles. The van der Waals surface area contributed by atoms with Gasteiger partial charge < -0.3 is 15.0 Å². The Morgan fingerprint density at radius 1 is 1.21 bits per heavy atom. The number of carbonyl (C=O) groups is 2. The van der Waals surface area contributed by atoms with Crippen LogP contribution in [0.3, 0.4) is 0 Å². The Balaban J connectivity index is 1.60. The Kier molecular flexibility index (Phi) is 7.39. The number of ether oxygens (including phenoxy) is 1. The number of amides is 1. The SMILES string of the molecule is CCN(CC)CCOC(=O)c1ccc2nc(NC(=O)C3CCCCC3)sc2c1. The lowest BCUT2D eigenvalue weighted by Gasteiger charge is -2.19. The second-order valence-corrected chi connectivity index (χ2v) is 8.22. The first kappa shape index (κ1) is 20.7. The first-order valence-corrected chi connectivity index (χ1v) is 11.0. The van der Waals surface area contributed by atoms with Crippen LogP contribution in [-0.2, 0) is 9.53 Å². The van der Waals surface area contributed by atoms with Crippen LogP contribution >= 0.6 is 11.3 Å². The van der Waals surface area contributed by atoms with E-state index in [-0.39, 0.29) is 17.8 Å². The molecule has 0 aliphatic heterocycles. The van der Waals surface area contributed by atoms with Crippen LogP contribution in [0.15, 0.2) is 18.2 Å². The molecule has 2 aromatic rings. The molecule has 1 N–H and O–H groups in total. The van der Waals surface area contributed by atoms with E-state index in [1.54, 1.807) is 12.1 Å². The van der Waals surface area contributed by atoms with Crippen LogP contribution < -0.4 is 5.32 Å². The van der Waals surface area contributed by atoms with Crippen molar-refractivity contribution in [2.75, 3.05) is 31.6 Å². The molecule has 1 heterocycles. The summed E-state index contributed by atoms with van der Waals surface area (Å²) in [7, 11) is 0. The van der Waals surface area contributed by atoms with Gasteiger partial charge in [0, 0.05) is 12.5 Å². The molecule has 152 valence electrons. The number of aromatic nitrogens is 1. The third kappa shape index (κ3) is 5.29. The molecule has 0 bridgehead atoms. The highest BCUT2D eigenvalue weighted by molar-refractivity contribution is 7.22. The normalized spacial score (nSPS) is 15.1. The fourth-order valence-electron chi connectivity index (χ4n) is 3.57. The van der Waals surface area contributed by atoms with Crippen molar-refractivity contribution >= 4 is 38.6 Å². The summed E-state index contributed by atoms with van der Waals surface area (Å²) in [6.07, 6.45) is 5.38. The predicted octanol–water partition coefficient (Wildman–Crippen LogP) is 4.31. The van der Waals surface area contributed by atoms with Crippen molar-refractivity contribution in [1.29, 1.82) is 0 Å². The van der Waals surface area contributed by atoms with Gasteiger partial charge in [0.1, 0.15) is 6.61 Å². The molecule has 1 fully saturated rings. The molecular formula is C21H29N3O3S. The lowest BCUT2D eigenvalue weighted by atomic mass is 9.89. The first-order chi connectivity index (χ1) is 13.6. The standard InChI is InChI=1S/C21H29N3O3S/c1-3-24(4-2)12-13-27-20(26)16-10-11-17-18(14-16)28-21(22-17)23-19(25)15-8-6-5-7-9-15/h10-11,14-15H,3-9,12-13H2,1-2H3,(H,22,23,25). The van der Waals surface area contributed by atoms with E-state index in [1.165, 1.54) is 17.8 Å². The number of hydrogen-bond acceptors (Lipinski definition) is 6. The van der Waals surface area contributed by atoms with Gasteiger partial charge in [-0.25, -0.2) is 9.78 Å². The molecule has 28 heavy (non-hydrogen) atoms. The summed E-state index contributed by atoms with van der Waals surface area (Å²) in [4.78, 5) is 31.4. The molecular weight excluding hydrogens is 374 g/mol. The maximum Gasteiger partial charge on any atom is 0.338 e. The maximum absolute atomic E-state index is 12.4. The van der Waals surface area contributed by atoms with E-state index in [4.69, 9.17) is 4.74 Å². The summed E-state index contributed by atoms with van der Waals surface area (Å²) >= 11 is 1.40. The zero-order valence-corrected chi connectivity index (χ0v) is 17.5. The van der Waals surface area contributed by atoms with Crippen molar-refractivity contribution in [3.63, 3.8) is 0 Å². The number of likely N-dealkylation sites (N-methyl/N-ethyl adjacent to an activating group) is 1. The molecule has 1 aromatic heterocycles. The van der Waals surface area contributed by atoms with Crippen molar-refractivity contribution in [3.8, 4) is 0 Å². The smallest absolute Gasteiger partial charge is 0.338 e. The molecule has 1 saturated carbocycles. The minimum atomic E-state index is -0.324. The third-order valence-electron chi connectivity index (χ3n) is 5.37. The number of hydrogen-bond donors (Lipinski definition) is 1. The van der Waals surface area contributed by atoms with Crippen LogP contribution in [0.4, 0.5) is 5.13 Å². The second-order valence-electron chi connectivity index (χ2n) is 7.19. The summed E-state index contributed by atoms with van der Waals surface area (Å²) in [6.45, 7) is 7.18. The average Bonchev–Trinajstić information content (AvgIpc) is 3.13. The Hall–Kier alpha value is -1.99. The lowest BCUT2D eigenvalue weighted by molar-refractivity contribution is -0.120. The summed E-state index contributed by atoms with van der Waals surface area (Å²) in [5.41, 5.74) is 1.30. The van der Waals surface area contributed by atoms with E-state index in [0.29, 0.717) is 17.3 Å². The van der Waals surface area contributed by atoms with E-state index in [9.17, 15) is 9.59 Å². The van der Waals surface area contributed by atoms with E-state index in [0.717, 1.165) is 55.5 Å². The largest absolute Gasteiger partial charge is 0.461 e. The van der Waals surface area contributed by atoms with E-state index < -0.39 is 0 Å². The lowest BCUT2D eigenvalue weighted by Crippen LogP contribution is -2.27. The molecule has 1 amide bonds. The summed E-state index contributed by atoms with van der Waals surface area (Å²) in [5.74, 6) is -0.165. The Morgan fingerprint density at radius 2 is 1.96 bits per heavy atom. The van der Waals surface area contributed by atoms with Gasteiger partial charge in [-0.2, -0.15) is 0 Å². The highest BCUT2D eigenvalue weighted by atomic mass is 32.1. The van der Waals surface area contributed by atoms with Gasteiger partial charge in [-0.05, 0) is 44.1 Å². The van der Waals surface area contributed by atoms with Crippen LogP contribution in [0.5, 0.6) is 0 Å². The summed E-state index contributed by atoms with van der Waals surface area (Å²) in [6, 6.07) is 5.33.